The normalized spacial score (nSPS) is 19.3. The Kier molecular flexibility index (Phi) is 5.30. The molecule has 0 aliphatic heterocycles. The zero-order chi connectivity index (χ0) is 11.1. The van der Waals surface area contributed by atoms with E-state index in [9.17, 15) is 4.79 Å². The molecule has 15 heavy (non-hydrogen) atoms. The van der Waals surface area contributed by atoms with Crippen LogP contribution < -0.4 is 0 Å². The lowest BCUT2D eigenvalue weighted by Gasteiger charge is -2.26. The molecule has 2 heteroatoms. The lowest BCUT2D eigenvalue weighted by atomic mass is 9.80. The smallest absolute Gasteiger partial charge is 0.141 e. The largest absolute Gasteiger partial charge is 0.384 e. The summed E-state index contributed by atoms with van der Waals surface area (Å²) in [4.78, 5) is 12.2. The molecule has 0 bridgehead atoms. The molecule has 0 saturated heterocycles. The minimum Gasteiger partial charge on any atom is -0.384 e. The summed E-state index contributed by atoms with van der Waals surface area (Å²) in [5.74, 6) is 0.454. The molecule has 0 N–H and O–H groups in total. The monoisotopic (exact) mass is 212 g/mol. The van der Waals surface area contributed by atoms with E-state index in [0.717, 1.165) is 25.7 Å². The van der Waals surface area contributed by atoms with Crippen LogP contribution in [0.2, 0.25) is 0 Å². The minimum atomic E-state index is -0.109. The van der Waals surface area contributed by atoms with E-state index in [1.165, 1.54) is 25.7 Å². The molecular weight excluding hydrogens is 188 g/mol. The maximum Gasteiger partial charge on any atom is 0.141 e. The van der Waals surface area contributed by atoms with Gasteiger partial charge in [-0.25, -0.2) is 0 Å². The number of hydrogen-bond donors (Lipinski definition) is 0. The second kappa shape index (κ2) is 6.26. The zero-order valence-corrected chi connectivity index (χ0v) is 10.2. The number of ketones is 1. The Labute approximate surface area is 93.4 Å². The minimum absolute atomic E-state index is 0.109. The Morgan fingerprint density at radius 3 is 2.47 bits per heavy atom. The van der Waals surface area contributed by atoms with E-state index in [1.54, 1.807) is 7.11 Å². The van der Waals surface area contributed by atoms with E-state index in [-0.39, 0.29) is 5.41 Å². The van der Waals surface area contributed by atoms with Crippen molar-refractivity contribution in [1.82, 2.24) is 0 Å². The standard InChI is InChI=1S/C13H24O2/c1-3-4-5-8-12(14)13(11-15-2)9-6-7-10-13/h3-11H2,1-2H3. The molecular formula is C13H24O2. The third kappa shape index (κ3) is 3.30. The summed E-state index contributed by atoms with van der Waals surface area (Å²) in [5.41, 5.74) is -0.109. The van der Waals surface area contributed by atoms with Crippen LogP contribution in [0.4, 0.5) is 0 Å². The molecule has 1 aliphatic rings. The van der Waals surface area contributed by atoms with Crippen LogP contribution in [0, 0.1) is 5.41 Å². The van der Waals surface area contributed by atoms with Crippen molar-refractivity contribution in [2.45, 2.75) is 58.3 Å². The van der Waals surface area contributed by atoms with Gasteiger partial charge < -0.3 is 4.74 Å². The van der Waals surface area contributed by atoms with Crippen molar-refractivity contribution in [3.05, 3.63) is 0 Å². The maximum atomic E-state index is 12.2. The highest BCUT2D eigenvalue weighted by Gasteiger charge is 2.39. The summed E-state index contributed by atoms with van der Waals surface area (Å²) >= 11 is 0. The molecule has 1 rings (SSSR count). The summed E-state index contributed by atoms with van der Waals surface area (Å²) in [6.45, 7) is 2.81. The molecule has 0 heterocycles. The lowest BCUT2D eigenvalue weighted by molar-refractivity contribution is -0.131. The Morgan fingerprint density at radius 2 is 1.93 bits per heavy atom. The van der Waals surface area contributed by atoms with Crippen LogP contribution in [0.1, 0.15) is 58.3 Å². The molecule has 0 aromatic heterocycles. The summed E-state index contributed by atoms with van der Waals surface area (Å²) in [6.07, 6.45) is 8.67. The highest BCUT2D eigenvalue weighted by atomic mass is 16.5. The predicted molar refractivity (Wildman–Crippen MR) is 61.9 cm³/mol. The van der Waals surface area contributed by atoms with Gasteiger partial charge in [0.05, 0.1) is 12.0 Å². The van der Waals surface area contributed by atoms with Gasteiger partial charge in [0.2, 0.25) is 0 Å². The van der Waals surface area contributed by atoms with E-state index >= 15 is 0 Å². The van der Waals surface area contributed by atoms with E-state index < -0.39 is 0 Å². The van der Waals surface area contributed by atoms with Gasteiger partial charge in [-0.1, -0.05) is 32.6 Å². The maximum absolute atomic E-state index is 12.2. The van der Waals surface area contributed by atoms with Crippen molar-refractivity contribution in [3.8, 4) is 0 Å². The third-order valence-corrected chi connectivity index (χ3v) is 3.58. The first kappa shape index (κ1) is 12.7. The summed E-state index contributed by atoms with van der Waals surface area (Å²) in [6, 6.07) is 0. The van der Waals surface area contributed by atoms with Gasteiger partial charge in [0, 0.05) is 13.5 Å². The van der Waals surface area contributed by atoms with E-state index in [0.29, 0.717) is 12.4 Å². The van der Waals surface area contributed by atoms with Crippen LogP contribution in [-0.4, -0.2) is 19.5 Å². The fraction of sp³-hybridized carbons (Fsp3) is 0.923. The van der Waals surface area contributed by atoms with Crippen LogP contribution in [0.15, 0.2) is 0 Å². The number of ether oxygens (including phenoxy) is 1. The number of carbonyl (C=O) groups is 1. The van der Waals surface area contributed by atoms with Crippen molar-refractivity contribution in [2.75, 3.05) is 13.7 Å². The van der Waals surface area contributed by atoms with Gasteiger partial charge in [0.25, 0.3) is 0 Å². The van der Waals surface area contributed by atoms with Crippen molar-refractivity contribution < 1.29 is 9.53 Å². The van der Waals surface area contributed by atoms with Crippen molar-refractivity contribution in [3.63, 3.8) is 0 Å². The van der Waals surface area contributed by atoms with Crippen LogP contribution in [0.3, 0.4) is 0 Å². The van der Waals surface area contributed by atoms with Gasteiger partial charge in [-0.05, 0) is 19.3 Å². The van der Waals surface area contributed by atoms with Crippen molar-refractivity contribution >= 4 is 5.78 Å². The first-order valence-electron chi connectivity index (χ1n) is 6.27. The third-order valence-electron chi connectivity index (χ3n) is 3.58. The molecule has 0 unspecified atom stereocenters. The van der Waals surface area contributed by atoms with E-state index in [1.807, 2.05) is 0 Å². The van der Waals surface area contributed by atoms with Gasteiger partial charge in [0.1, 0.15) is 5.78 Å². The highest BCUT2D eigenvalue weighted by Crippen LogP contribution is 2.40. The van der Waals surface area contributed by atoms with Gasteiger partial charge in [-0.2, -0.15) is 0 Å². The Hall–Kier alpha value is -0.370. The predicted octanol–water partition coefficient (Wildman–Crippen LogP) is 3.34. The Bertz CT molecular complexity index is 193. The Morgan fingerprint density at radius 1 is 1.27 bits per heavy atom. The van der Waals surface area contributed by atoms with E-state index in [4.69, 9.17) is 4.74 Å². The zero-order valence-electron chi connectivity index (χ0n) is 10.2. The quantitative estimate of drug-likeness (QED) is 0.605. The first-order chi connectivity index (χ1) is 7.25. The summed E-state index contributed by atoms with van der Waals surface area (Å²) in [7, 11) is 1.71. The molecule has 0 amide bonds. The SMILES string of the molecule is CCCCCC(=O)C1(COC)CCCC1. The van der Waals surface area contributed by atoms with Crippen LogP contribution in [0.5, 0.6) is 0 Å². The van der Waals surface area contributed by atoms with Crippen LogP contribution >= 0.6 is 0 Å². The number of unbranched alkanes of at least 4 members (excludes halogenated alkanes) is 2. The lowest BCUT2D eigenvalue weighted by Crippen LogP contribution is -2.32. The summed E-state index contributed by atoms with van der Waals surface area (Å²) < 4.78 is 5.24. The van der Waals surface area contributed by atoms with E-state index in [2.05, 4.69) is 6.92 Å². The average Bonchev–Trinajstić information content (AvgIpc) is 2.68. The second-order valence-electron chi connectivity index (χ2n) is 4.80. The van der Waals surface area contributed by atoms with Crippen molar-refractivity contribution in [1.29, 1.82) is 0 Å². The molecule has 1 aliphatic carbocycles. The summed E-state index contributed by atoms with van der Waals surface area (Å²) in [5, 5.41) is 0. The van der Waals surface area contributed by atoms with Crippen LogP contribution in [0.25, 0.3) is 0 Å². The number of hydrogen-bond acceptors (Lipinski definition) is 2. The van der Waals surface area contributed by atoms with Gasteiger partial charge in [0.15, 0.2) is 0 Å². The highest BCUT2D eigenvalue weighted by molar-refractivity contribution is 5.85. The molecule has 0 aromatic carbocycles. The molecule has 2 nitrogen and oxygen atoms in total. The number of rotatable bonds is 7. The number of Topliss-reactive ketones (excluding diaryl/α,β-unsaturated/α-hetero) is 1. The number of carbonyl (C=O) groups excluding carboxylic acids is 1. The fourth-order valence-corrected chi connectivity index (χ4v) is 2.63. The van der Waals surface area contributed by atoms with Crippen molar-refractivity contribution in [2.24, 2.45) is 5.41 Å². The molecule has 0 atom stereocenters. The molecule has 0 spiro atoms. The van der Waals surface area contributed by atoms with Gasteiger partial charge in [-0.3, -0.25) is 4.79 Å². The molecule has 88 valence electrons. The first-order valence-corrected chi connectivity index (χ1v) is 6.27. The topological polar surface area (TPSA) is 26.3 Å². The fourth-order valence-electron chi connectivity index (χ4n) is 2.63. The molecule has 1 saturated carbocycles. The molecule has 0 radical (unpaired) electrons. The molecule has 0 aromatic rings. The number of methoxy groups -OCH3 is 1. The second-order valence-corrected chi connectivity index (χ2v) is 4.80. The van der Waals surface area contributed by atoms with Gasteiger partial charge >= 0.3 is 0 Å². The van der Waals surface area contributed by atoms with Crippen LogP contribution in [-0.2, 0) is 9.53 Å². The average molecular weight is 212 g/mol. The van der Waals surface area contributed by atoms with Gasteiger partial charge in [-0.15, -0.1) is 0 Å². The Balaban J connectivity index is 2.44. The molecule has 1 fully saturated rings.